The van der Waals surface area contributed by atoms with Crippen LogP contribution < -0.4 is 5.32 Å². The molecule has 1 unspecified atom stereocenters. The van der Waals surface area contributed by atoms with Crippen LogP contribution in [-0.4, -0.2) is 44.1 Å². The number of aromatic nitrogens is 5. The summed E-state index contributed by atoms with van der Waals surface area (Å²) in [5, 5.41) is 14.9. The molecule has 0 saturated carbocycles. The van der Waals surface area contributed by atoms with Gasteiger partial charge in [0.15, 0.2) is 0 Å². The zero-order chi connectivity index (χ0) is 25.4. The second kappa shape index (κ2) is 9.59. The summed E-state index contributed by atoms with van der Waals surface area (Å²) in [6, 6.07) is 15.5. The summed E-state index contributed by atoms with van der Waals surface area (Å²) in [5.41, 5.74) is 9.08. The summed E-state index contributed by atoms with van der Waals surface area (Å²) in [7, 11) is 1.34. The van der Waals surface area contributed by atoms with Crippen molar-refractivity contribution in [2.45, 2.75) is 25.2 Å². The number of benzene rings is 2. The molecule has 9 nitrogen and oxygen atoms in total. The average Bonchev–Trinajstić information content (AvgIpc) is 3.69. The highest BCUT2D eigenvalue weighted by Crippen LogP contribution is 2.40. The lowest BCUT2D eigenvalue weighted by molar-refractivity contribution is 0.187. The van der Waals surface area contributed by atoms with E-state index >= 15 is 0 Å². The van der Waals surface area contributed by atoms with Crippen molar-refractivity contribution in [1.82, 2.24) is 25.2 Å². The van der Waals surface area contributed by atoms with Crippen LogP contribution in [0.1, 0.15) is 35.6 Å². The number of carbonyl (C=O) groups excluding carboxylic acids is 1. The Hall–Kier alpha value is -4.37. The molecule has 1 N–H and O–H groups in total. The van der Waals surface area contributed by atoms with Gasteiger partial charge in [-0.3, -0.25) is 15.3 Å². The van der Waals surface area contributed by atoms with E-state index in [2.05, 4.69) is 31.6 Å². The van der Waals surface area contributed by atoms with Crippen LogP contribution in [-0.2, 0) is 11.2 Å². The van der Waals surface area contributed by atoms with Gasteiger partial charge in [-0.25, -0.2) is 4.79 Å². The first-order valence-corrected chi connectivity index (χ1v) is 12.2. The largest absolute Gasteiger partial charge is 0.453 e. The maximum absolute atomic E-state index is 11.4. The van der Waals surface area contributed by atoms with Gasteiger partial charge < -0.3 is 4.74 Å². The molecule has 0 spiro atoms. The highest BCUT2D eigenvalue weighted by atomic mass is 35.5. The van der Waals surface area contributed by atoms with Gasteiger partial charge in [-0.05, 0) is 76.4 Å². The molecule has 0 radical (unpaired) electrons. The Morgan fingerprint density at radius 1 is 1.14 bits per heavy atom. The Bertz CT molecular complexity index is 1550. The molecule has 2 aromatic heterocycles. The summed E-state index contributed by atoms with van der Waals surface area (Å²) in [6.07, 6.45) is 7.59. The minimum Gasteiger partial charge on any atom is -0.453 e. The summed E-state index contributed by atoms with van der Waals surface area (Å²) >= 11 is 6.33. The Morgan fingerprint density at radius 3 is 2.78 bits per heavy atom. The normalized spacial score (nSPS) is 16.2. The second-order valence-electron chi connectivity index (χ2n) is 8.92. The van der Waals surface area contributed by atoms with E-state index in [-0.39, 0.29) is 5.92 Å². The first-order chi connectivity index (χ1) is 18.1. The predicted octanol–water partition coefficient (Wildman–Crippen LogP) is 5.47. The number of tetrazole rings is 1. The topological polar surface area (TPSA) is 107 Å². The predicted molar refractivity (Wildman–Crippen MR) is 141 cm³/mol. The van der Waals surface area contributed by atoms with Crippen molar-refractivity contribution >= 4 is 34.7 Å². The first-order valence-electron chi connectivity index (χ1n) is 11.8. The lowest BCUT2D eigenvalue weighted by Gasteiger charge is -2.14. The minimum atomic E-state index is -0.490. The van der Waals surface area contributed by atoms with E-state index in [4.69, 9.17) is 21.6 Å². The third kappa shape index (κ3) is 4.49. The smallest absolute Gasteiger partial charge is 0.411 e. The lowest BCUT2D eigenvalue weighted by atomic mass is 9.93. The molecular weight excluding hydrogens is 490 g/mol. The van der Waals surface area contributed by atoms with Gasteiger partial charge in [0, 0.05) is 52.3 Å². The number of aliphatic imine (C=N–C) groups is 1. The van der Waals surface area contributed by atoms with Crippen LogP contribution in [0.2, 0.25) is 5.02 Å². The van der Waals surface area contributed by atoms with E-state index in [1.54, 1.807) is 11.0 Å². The Labute approximate surface area is 217 Å². The highest BCUT2D eigenvalue weighted by Gasteiger charge is 2.31. The molecule has 3 heterocycles. The fourth-order valence-electron chi connectivity index (χ4n) is 4.93. The van der Waals surface area contributed by atoms with Crippen molar-refractivity contribution in [3.05, 3.63) is 89.1 Å². The summed E-state index contributed by atoms with van der Waals surface area (Å²) in [6.45, 7) is 0. The monoisotopic (exact) mass is 511 g/mol. The molecule has 0 saturated heterocycles. The van der Waals surface area contributed by atoms with Gasteiger partial charge in [0.1, 0.15) is 6.33 Å². The molecule has 184 valence electrons. The third-order valence-corrected chi connectivity index (χ3v) is 6.98. The van der Waals surface area contributed by atoms with Crippen LogP contribution in [0.25, 0.3) is 22.4 Å². The summed E-state index contributed by atoms with van der Waals surface area (Å²) in [4.78, 5) is 21.1. The molecule has 37 heavy (non-hydrogen) atoms. The van der Waals surface area contributed by atoms with E-state index in [0.717, 1.165) is 58.6 Å². The number of aryl methyl sites for hydroxylation is 1. The molecule has 1 aliphatic heterocycles. The number of halogens is 1. The maximum Gasteiger partial charge on any atom is 0.411 e. The fraction of sp³-hybridized carbons (Fsp3) is 0.185. The molecule has 2 aromatic carbocycles. The van der Waals surface area contributed by atoms with E-state index in [0.29, 0.717) is 10.7 Å². The number of nitrogens with one attached hydrogen (secondary N) is 1. The summed E-state index contributed by atoms with van der Waals surface area (Å²) < 4.78 is 6.27. The van der Waals surface area contributed by atoms with Crippen molar-refractivity contribution in [2.75, 3.05) is 12.4 Å². The van der Waals surface area contributed by atoms with E-state index in [9.17, 15) is 4.79 Å². The Kier molecular flexibility index (Phi) is 5.97. The Balaban J connectivity index is 1.20. The number of hydrogen-bond acceptors (Lipinski definition) is 7. The molecule has 10 heteroatoms. The van der Waals surface area contributed by atoms with Crippen LogP contribution in [0.3, 0.4) is 0 Å². The Morgan fingerprint density at radius 2 is 2.00 bits per heavy atom. The second-order valence-corrected chi connectivity index (χ2v) is 9.36. The number of anilines is 1. The van der Waals surface area contributed by atoms with Gasteiger partial charge in [0.2, 0.25) is 0 Å². The zero-order valence-electron chi connectivity index (χ0n) is 19.9. The van der Waals surface area contributed by atoms with Crippen LogP contribution in [0.15, 0.2) is 72.2 Å². The number of methoxy groups -OCH3 is 1. The number of allylic oxidation sites excluding steroid dienone is 1. The number of pyridine rings is 1. The number of fused-ring (bicyclic) bond motifs is 1. The maximum atomic E-state index is 11.4. The van der Waals surface area contributed by atoms with Gasteiger partial charge in [-0.2, -0.15) is 4.68 Å². The molecule has 1 amide bonds. The van der Waals surface area contributed by atoms with Gasteiger partial charge in [0.25, 0.3) is 0 Å². The number of rotatable bonds is 5. The lowest BCUT2D eigenvalue weighted by Crippen LogP contribution is -2.11. The van der Waals surface area contributed by atoms with E-state index in [1.165, 1.54) is 12.7 Å². The van der Waals surface area contributed by atoms with Crippen LogP contribution in [0, 0.1) is 0 Å². The van der Waals surface area contributed by atoms with Crippen molar-refractivity contribution in [2.24, 2.45) is 4.99 Å². The zero-order valence-corrected chi connectivity index (χ0v) is 20.7. The average molecular weight is 512 g/mol. The molecule has 1 atom stereocenters. The van der Waals surface area contributed by atoms with E-state index < -0.39 is 6.09 Å². The minimum absolute atomic E-state index is 0.191. The van der Waals surface area contributed by atoms with Gasteiger partial charge in [-0.15, -0.1) is 5.10 Å². The first kappa shape index (κ1) is 23.1. The third-order valence-electron chi connectivity index (χ3n) is 6.75. The van der Waals surface area contributed by atoms with Gasteiger partial charge >= 0.3 is 6.09 Å². The molecule has 4 aromatic rings. The molecular formula is C27H22ClN7O2. The number of carbonyl (C=O) groups is 1. The van der Waals surface area contributed by atoms with Crippen molar-refractivity contribution in [3.63, 3.8) is 0 Å². The van der Waals surface area contributed by atoms with Gasteiger partial charge in [0.05, 0.1) is 18.5 Å². The molecule has 0 fully saturated rings. The molecule has 2 aliphatic rings. The van der Waals surface area contributed by atoms with Crippen LogP contribution in [0.5, 0.6) is 0 Å². The number of amides is 1. The molecule has 6 rings (SSSR count). The quantitative estimate of drug-likeness (QED) is 0.380. The van der Waals surface area contributed by atoms with Crippen LogP contribution in [0.4, 0.5) is 10.5 Å². The van der Waals surface area contributed by atoms with Crippen LogP contribution >= 0.6 is 11.6 Å². The van der Waals surface area contributed by atoms with Gasteiger partial charge in [-0.1, -0.05) is 23.7 Å². The number of nitrogens with zero attached hydrogens (tertiary/aromatic N) is 6. The summed E-state index contributed by atoms with van der Waals surface area (Å²) in [5.74, 6) is 0.191. The van der Waals surface area contributed by atoms with Crippen molar-refractivity contribution < 1.29 is 9.53 Å². The fourth-order valence-corrected chi connectivity index (χ4v) is 5.10. The number of ether oxygens (including phenoxy) is 1. The standard InChI is InChI=1S/C27H22ClN7O2/c1-37-27(36)32-21-6-2-16(3-7-21)18-11-24(29-13-18)22-8-4-17-10-19(14-30-26(17)22)23-12-20(28)5-9-25(23)35-15-31-33-34-35/h2-3,5-7,9-10,12-15,22H,4,8,11H2,1H3,(H,32,36). The van der Waals surface area contributed by atoms with Crippen molar-refractivity contribution in [3.8, 4) is 16.8 Å². The highest BCUT2D eigenvalue weighted by molar-refractivity contribution is 6.31. The number of hydrogen-bond donors (Lipinski definition) is 1. The van der Waals surface area contributed by atoms with E-state index in [1.807, 2.05) is 54.9 Å². The molecule has 1 aliphatic carbocycles. The van der Waals surface area contributed by atoms with Crippen molar-refractivity contribution in [1.29, 1.82) is 0 Å². The SMILES string of the molecule is COC(=O)Nc1ccc(C2=CN=C(C3CCc4cc(-c5cc(Cl)ccc5-n5cnnn5)cnc43)C2)cc1. The molecule has 0 bridgehead atoms.